The number of nitrogens with two attached hydrogens (primary N) is 1. The first-order valence-electron chi connectivity index (χ1n) is 7.68. The van der Waals surface area contributed by atoms with Crippen LogP contribution in [0.15, 0.2) is 0 Å². The van der Waals surface area contributed by atoms with Crippen LogP contribution in [0.5, 0.6) is 0 Å². The Balaban J connectivity index is 2.51. The van der Waals surface area contributed by atoms with E-state index in [0.717, 1.165) is 19.5 Å². The van der Waals surface area contributed by atoms with Gasteiger partial charge in [-0.1, -0.05) is 20.8 Å². The minimum Gasteiger partial charge on any atom is -0.344 e. The Morgan fingerprint density at radius 2 is 2.16 bits per heavy atom. The van der Waals surface area contributed by atoms with Crippen LogP contribution in [0.2, 0.25) is 0 Å². The van der Waals surface area contributed by atoms with Crippen LogP contribution < -0.4 is 5.73 Å². The van der Waals surface area contributed by atoms with Gasteiger partial charge in [-0.2, -0.15) is 0 Å². The Morgan fingerprint density at radius 3 is 2.68 bits per heavy atom. The van der Waals surface area contributed by atoms with Gasteiger partial charge in [0, 0.05) is 26.2 Å². The van der Waals surface area contributed by atoms with Gasteiger partial charge in [0.15, 0.2) is 0 Å². The van der Waals surface area contributed by atoms with Crippen LogP contribution in [-0.4, -0.2) is 55.0 Å². The van der Waals surface area contributed by atoms with Crippen LogP contribution in [0.3, 0.4) is 0 Å². The van der Waals surface area contributed by atoms with Crippen molar-refractivity contribution in [1.82, 2.24) is 9.80 Å². The summed E-state index contributed by atoms with van der Waals surface area (Å²) >= 11 is 0. The van der Waals surface area contributed by atoms with Gasteiger partial charge in [-0.05, 0) is 38.3 Å². The van der Waals surface area contributed by atoms with Gasteiger partial charge in [-0.15, -0.1) is 0 Å². The topological polar surface area (TPSA) is 49.6 Å². The van der Waals surface area contributed by atoms with Crippen molar-refractivity contribution in [3.8, 4) is 0 Å². The Hall–Kier alpha value is -0.610. The molecule has 1 aliphatic rings. The fourth-order valence-electron chi connectivity index (χ4n) is 3.10. The molecule has 0 bridgehead atoms. The summed E-state index contributed by atoms with van der Waals surface area (Å²) in [5.74, 6) is 0.727. The number of amides is 1. The summed E-state index contributed by atoms with van der Waals surface area (Å²) in [4.78, 5) is 16.8. The highest BCUT2D eigenvalue weighted by molar-refractivity contribution is 5.78. The zero-order chi connectivity index (χ0) is 14.4. The Morgan fingerprint density at radius 1 is 1.47 bits per heavy atom. The molecule has 2 unspecified atom stereocenters. The van der Waals surface area contributed by atoms with E-state index in [4.69, 9.17) is 5.73 Å². The van der Waals surface area contributed by atoms with Gasteiger partial charge in [0.1, 0.15) is 0 Å². The van der Waals surface area contributed by atoms with Gasteiger partial charge in [-0.3, -0.25) is 9.69 Å². The third kappa shape index (κ3) is 4.77. The smallest absolute Gasteiger partial charge is 0.226 e. The van der Waals surface area contributed by atoms with E-state index in [-0.39, 0.29) is 11.8 Å². The highest BCUT2D eigenvalue weighted by atomic mass is 16.2. The van der Waals surface area contributed by atoms with E-state index in [2.05, 4.69) is 25.7 Å². The van der Waals surface area contributed by atoms with Gasteiger partial charge in [0.05, 0.1) is 5.92 Å². The highest BCUT2D eigenvalue weighted by Crippen LogP contribution is 2.19. The largest absolute Gasteiger partial charge is 0.344 e. The summed E-state index contributed by atoms with van der Waals surface area (Å²) in [6, 6.07) is 0.538. The van der Waals surface area contributed by atoms with Crippen molar-refractivity contribution < 1.29 is 4.79 Å². The van der Waals surface area contributed by atoms with Crippen molar-refractivity contribution in [2.75, 3.05) is 33.2 Å². The number of carbonyl (C=O) groups is 1. The summed E-state index contributed by atoms with van der Waals surface area (Å²) in [5, 5.41) is 0. The number of likely N-dealkylation sites (tertiary alicyclic amines) is 1. The zero-order valence-corrected chi connectivity index (χ0v) is 13.1. The summed E-state index contributed by atoms with van der Waals surface area (Å²) in [7, 11) is 1.93. The van der Waals surface area contributed by atoms with Crippen molar-refractivity contribution in [3.05, 3.63) is 0 Å². The SMILES string of the molecule is CCN1CCCC1CN(C)C(=O)C(CN)CC(C)C. The zero-order valence-electron chi connectivity index (χ0n) is 13.1. The molecule has 1 aliphatic heterocycles. The van der Waals surface area contributed by atoms with E-state index >= 15 is 0 Å². The van der Waals surface area contributed by atoms with E-state index in [1.54, 1.807) is 0 Å². The normalized spacial score (nSPS) is 21.9. The fraction of sp³-hybridized carbons (Fsp3) is 0.933. The maximum Gasteiger partial charge on any atom is 0.226 e. The predicted molar refractivity (Wildman–Crippen MR) is 79.9 cm³/mol. The first-order valence-corrected chi connectivity index (χ1v) is 7.68. The molecular formula is C15H31N3O. The third-order valence-electron chi connectivity index (χ3n) is 4.16. The van der Waals surface area contributed by atoms with Crippen LogP contribution in [0.25, 0.3) is 0 Å². The van der Waals surface area contributed by atoms with Crippen molar-refractivity contribution in [2.24, 2.45) is 17.6 Å². The van der Waals surface area contributed by atoms with Gasteiger partial charge in [-0.25, -0.2) is 0 Å². The molecule has 0 aliphatic carbocycles. The number of hydrogen-bond acceptors (Lipinski definition) is 3. The molecule has 2 atom stereocenters. The molecule has 0 saturated carbocycles. The molecule has 1 rings (SSSR count). The number of likely N-dealkylation sites (N-methyl/N-ethyl adjacent to an activating group) is 2. The van der Waals surface area contributed by atoms with Crippen molar-refractivity contribution in [3.63, 3.8) is 0 Å². The molecule has 1 saturated heterocycles. The Labute approximate surface area is 118 Å². The number of nitrogens with zero attached hydrogens (tertiary/aromatic N) is 2. The molecule has 1 amide bonds. The number of rotatable bonds is 7. The summed E-state index contributed by atoms with van der Waals surface area (Å²) in [6.45, 7) is 10.1. The Bertz CT molecular complexity index is 281. The molecule has 19 heavy (non-hydrogen) atoms. The van der Waals surface area contributed by atoms with Crippen molar-refractivity contribution >= 4 is 5.91 Å². The minimum absolute atomic E-state index is 0.0125. The second kappa shape index (κ2) is 7.85. The molecule has 2 N–H and O–H groups in total. The molecule has 0 aromatic carbocycles. The van der Waals surface area contributed by atoms with Crippen LogP contribution >= 0.6 is 0 Å². The molecular weight excluding hydrogens is 238 g/mol. The maximum atomic E-state index is 12.4. The molecule has 0 aromatic rings. The molecule has 1 heterocycles. The van der Waals surface area contributed by atoms with E-state index < -0.39 is 0 Å². The maximum absolute atomic E-state index is 12.4. The monoisotopic (exact) mass is 269 g/mol. The molecule has 1 fully saturated rings. The third-order valence-corrected chi connectivity index (χ3v) is 4.16. The lowest BCUT2D eigenvalue weighted by Crippen LogP contribution is -2.44. The molecule has 112 valence electrons. The van der Waals surface area contributed by atoms with E-state index in [1.807, 2.05) is 11.9 Å². The predicted octanol–water partition coefficient (Wildman–Crippen LogP) is 1.55. The first-order chi connectivity index (χ1) is 8.99. The lowest BCUT2D eigenvalue weighted by atomic mass is 9.96. The number of hydrogen-bond donors (Lipinski definition) is 1. The van der Waals surface area contributed by atoms with Crippen molar-refractivity contribution in [1.29, 1.82) is 0 Å². The van der Waals surface area contributed by atoms with E-state index in [0.29, 0.717) is 18.5 Å². The second-order valence-corrected chi connectivity index (χ2v) is 6.21. The molecule has 0 radical (unpaired) electrons. The average molecular weight is 269 g/mol. The summed E-state index contributed by atoms with van der Waals surface area (Å²) < 4.78 is 0. The standard InChI is InChI=1S/C15H31N3O/c1-5-18-8-6-7-14(18)11-17(4)15(19)13(10-16)9-12(2)3/h12-14H,5-11,16H2,1-4H3. The van der Waals surface area contributed by atoms with Crippen LogP contribution in [0.4, 0.5) is 0 Å². The van der Waals surface area contributed by atoms with Crippen LogP contribution in [0.1, 0.15) is 40.0 Å². The van der Waals surface area contributed by atoms with Gasteiger partial charge in [0.25, 0.3) is 0 Å². The van der Waals surface area contributed by atoms with Gasteiger partial charge >= 0.3 is 0 Å². The lowest BCUT2D eigenvalue weighted by Gasteiger charge is -2.30. The van der Waals surface area contributed by atoms with Crippen LogP contribution in [0, 0.1) is 11.8 Å². The molecule has 0 spiro atoms. The minimum atomic E-state index is -0.0125. The van der Waals surface area contributed by atoms with E-state index in [9.17, 15) is 4.79 Å². The fourth-order valence-corrected chi connectivity index (χ4v) is 3.10. The number of carbonyl (C=O) groups excluding carboxylic acids is 1. The quantitative estimate of drug-likeness (QED) is 0.763. The van der Waals surface area contributed by atoms with Crippen molar-refractivity contribution in [2.45, 2.75) is 46.1 Å². The summed E-state index contributed by atoms with van der Waals surface area (Å²) in [5.41, 5.74) is 5.76. The van der Waals surface area contributed by atoms with Crippen LogP contribution in [-0.2, 0) is 4.79 Å². The highest BCUT2D eigenvalue weighted by Gasteiger charge is 2.28. The van der Waals surface area contributed by atoms with Gasteiger partial charge < -0.3 is 10.6 Å². The summed E-state index contributed by atoms with van der Waals surface area (Å²) in [6.07, 6.45) is 3.36. The molecule has 0 aromatic heterocycles. The lowest BCUT2D eigenvalue weighted by molar-refractivity contribution is -0.135. The second-order valence-electron chi connectivity index (χ2n) is 6.21. The average Bonchev–Trinajstić information content (AvgIpc) is 2.81. The van der Waals surface area contributed by atoms with Gasteiger partial charge in [0.2, 0.25) is 5.91 Å². The molecule has 4 nitrogen and oxygen atoms in total. The molecule has 4 heteroatoms. The van der Waals surface area contributed by atoms with E-state index in [1.165, 1.54) is 19.4 Å². The first kappa shape index (κ1) is 16.4. The Kier molecular flexibility index (Phi) is 6.80.